The summed E-state index contributed by atoms with van der Waals surface area (Å²) in [6.07, 6.45) is 0. The van der Waals surface area contributed by atoms with E-state index in [9.17, 15) is 9.90 Å². The summed E-state index contributed by atoms with van der Waals surface area (Å²) in [7, 11) is 1.54. The first-order chi connectivity index (χ1) is 12.4. The third kappa shape index (κ3) is 3.22. The van der Waals surface area contributed by atoms with Gasteiger partial charge < -0.3 is 9.94 Å². The average Bonchev–Trinajstić information content (AvgIpc) is 2.62. The van der Waals surface area contributed by atoms with Gasteiger partial charge in [-0.15, -0.1) is 0 Å². The first kappa shape index (κ1) is 18.1. The fourth-order valence-corrected chi connectivity index (χ4v) is 3.28. The van der Waals surface area contributed by atoms with Gasteiger partial charge in [-0.25, -0.2) is 4.68 Å². The number of nitrogens with zero attached hydrogens (tertiary/aromatic N) is 3. The molecule has 0 aliphatic carbocycles. The SMILES string of the molecule is CCO/N=C(/c1c(O)c(C)nn(C)c1=O)c1cc(Br)cc2ccccc12. The predicted molar refractivity (Wildman–Crippen MR) is 105 cm³/mol. The highest BCUT2D eigenvalue weighted by Crippen LogP contribution is 2.29. The van der Waals surface area contributed by atoms with Crippen LogP contribution in [-0.4, -0.2) is 27.2 Å². The summed E-state index contributed by atoms with van der Waals surface area (Å²) in [5.41, 5.74) is 0.910. The molecule has 1 heterocycles. The highest BCUT2D eigenvalue weighted by Gasteiger charge is 2.23. The summed E-state index contributed by atoms with van der Waals surface area (Å²) in [6.45, 7) is 3.77. The zero-order chi connectivity index (χ0) is 18.8. The van der Waals surface area contributed by atoms with Crippen molar-refractivity contribution in [2.75, 3.05) is 6.61 Å². The minimum absolute atomic E-state index is 0.0664. The van der Waals surface area contributed by atoms with Gasteiger partial charge in [-0.3, -0.25) is 4.79 Å². The van der Waals surface area contributed by atoms with Crippen molar-refractivity contribution in [3.8, 4) is 5.75 Å². The zero-order valence-electron chi connectivity index (χ0n) is 14.7. The lowest BCUT2D eigenvalue weighted by molar-refractivity contribution is 0.159. The Morgan fingerprint density at radius 3 is 2.81 bits per heavy atom. The van der Waals surface area contributed by atoms with Crippen molar-refractivity contribution in [2.24, 2.45) is 12.2 Å². The lowest BCUT2D eigenvalue weighted by Gasteiger charge is -2.13. The van der Waals surface area contributed by atoms with Gasteiger partial charge >= 0.3 is 0 Å². The fraction of sp³-hybridized carbons (Fsp3) is 0.211. The number of aryl methyl sites for hydroxylation is 2. The van der Waals surface area contributed by atoms with E-state index in [0.29, 0.717) is 17.9 Å². The second kappa shape index (κ2) is 7.29. The zero-order valence-corrected chi connectivity index (χ0v) is 16.2. The maximum Gasteiger partial charge on any atom is 0.279 e. The van der Waals surface area contributed by atoms with Gasteiger partial charge in [0.15, 0.2) is 5.75 Å². The van der Waals surface area contributed by atoms with Crippen LogP contribution in [-0.2, 0) is 11.9 Å². The lowest BCUT2D eigenvalue weighted by Crippen LogP contribution is -2.28. The Labute approximate surface area is 158 Å². The molecule has 0 atom stereocenters. The van der Waals surface area contributed by atoms with Crippen molar-refractivity contribution in [3.05, 3.63) is 68.0 Å². The molecule has 0 unspecified atom stereocenters. The van der Waals surface area contributed by atoms with Crippen LogP contribution >= 0.6 is 15.9 Å². The standard InChI is InChI=1S/C19H18BrN3O3/c1-4-26-22-17(16-18(24)11(2)21-23(3)19(16)25)15-10-13(20)9-12-7-5-6-8-14(12)15/h5-10,24H,4H2,1-3H3/b22-17+. The molecule has 134 valence electrons. The third-order valence-corrected chi connectivity index (χ3v) is 4.45. The molecule has 0 aliphatic heterocycles. The van der Waals surface area contributed by atoms with Gasteiger partial charge in [0.2, 0.25) is 0 Å². The molecule has 0 saturated carbocycles. The Bertz CT molecular complexity index is 1070. The minimum atomic E-state index is -0.449. The molecule has 0 saturated heterocycles. The average molecular weight is 416 g/mol. The summed E-state index contributed by atoms with van der Waals surface area (Å²) >= 11 is 3.50. The maximum atomic E-state index is 12.7. The monoisotopic (exact) mass is 415 g/mol. The third-order valence-electron chi connectivity index (χ3n) is 3.99. The predicted octanol–water partition coefficient (Wildman–Crippen LogP) is 3.50. The molecule has 0 aliphatic rings. The van der Waals surface area contributed by atoms with Crippen molar-refractivity contribution in [1.29, 1.82) is 0 Å². The molecule has 0 fully saturated rings. The highest BCUT2D eigenvalue weighted by atomic mass is 79.9. The van der Waals surface area contributed by atoms with Crippen molar-refractivity contribution in [2.45, 2.75) is 13.8 Å². The molecule has 0 spiro atoms. The van der Waals surface area contributed by atoms with E-state index >= 15 is 0 Å². The van der Waals surface area contributed by atoms with Crippen molar-refractivity contribution in [3.63, 3.8) is 0 Å². The van der Waals surface area contributed by atoms with Gasteiger partial charge in [-0.1, -0.05) is 45.4 Å². The van der Waals surface area contributed by atoms with Crippen LogP contribution in [0.1, 0.15) is 23.7 Å². The number of halogens is 1. The number of rotatable bonds is 4. The van der Waals surface area contributed by atoms with E-state index in [2.05, 4.69) is 26.2 Å². The van der Waals surface area contributed by atoms with Crippen LogP contribution in [0.4, 0.5) is 0 Å². The number of benzene rings is 2. The first-order valence-electron chi connectivity index (χ1n) is 8.10. The number of hydrogen-bond donors (Lipinski definition) is 1. The van der Waals surface area contributed by atoms with Crippen molar-refractivity contribution in [1.82, 2.24) is 9.78 Å². The van der Waals surface area contributed by atoms with E-state index in [4.69, 9.17) is 4.84 Å². The molecule has 1 N–H and O–H groups in total. The number of fused-ring (bicyclic) bond motifs is 1. The molecule has 26 heavy (non-hydrogen) atoms. The van der Waals surface area contributed by atoms with Crippen LogP contribution in [0, 0.1) is 6.92 Å². The molecule has 1 aromatic heterocycles. The number of hydrogen-bond acceptors (Lipinski definition) is 5. The van der Waals surface area contributed by atoms with Crippen LogP contribution in [0.25, 0.3) is 10.8 Å². The molecular weight excluding hydrogens is 398 g/mol. The molecular formula is C19H18BrN3O3. The number of aromatic nitrogens is 2. The number of aromatic hydroxyl groups is 1. The molecule has 0 amide bonds. The fourth-order valence-electron chi connectivity index (χ4n) is 2.80. The van der Waals surface area contributed by atoms with Crippen molar-refractivity contribution < 1.29 is 9.94 Å². The molecule has 3 aromatic rings. The molecule has 0 radical (unpaired) electrons. The molecule has 3 rings (SSSR count). The lowest BCUT2D eigenvalue weighted by atomic mass is 9.96. The van der Waals surface area contributed by atoms with Crippen LogP contribution in [0.15, 0.2) is 50.8 Å². The minimum Gasteiger partial charge on any atom is -0.505 e. The highest BCUT2D eigenvalue weighted by molar-refractivity contribution is 9.10. The summed E-state index contributed by atoms with van der Waals surface area (Å²) in [6, 6.07) is 11.6. The van der Waals surface area contributed by atoms with E-state index in [0.717, 1.165) is 15.2 Å². The van der Waals surface area contributed by atoms with E-state index in [-0.39, 0.29) is 17.0 Å². The van der Waals surface area contributed by atoms with Gasteiger partial charge in [-0.2, -0.15) is 5.10 Å². The van der Waals surface area contributed by atoms with Crippen LogP contribution in [0.3, 0.4) is 0 Å². The van der Waals surface area contributed by atoms with Gasteiger partial charge in [0.25, 0.3) is 5.56 Å². The summed E-state index contributed by atoms with van der Waals surface area (Å²) in [4.78, 5) is 18.0. The second-order valence-electron chi connectivity index (χ2n) is 5.77. The van der Waals surface area contributed by atoms with Crippen LogP contribution in [0.2, 0.25) is 0 Å². The first-order valence-corrected chi connectivity index (χ1v) is 8.89. The van der Waals surface area contributed by atoms with Gasteiger partial charge in [0, 0.05) is 17.1 Å². The Kier molecular flexibility index (Phi) is 5.08. The normalized spacial score (nSPS) is 11.8. The number of oxime groups is 1. The Balaban J connectivity index is 2.41. The smallest absolute Gasteiger partial charge is 0.279 e. The van der Waals surface area contributed by atoms with Crippen LogP contribution in [0.5, 0.6) is 5.75 Å². The molecule has 2 aromatic carbocycles. The summed E-state index contributed by atoms with van der Waals surface area (Å²) in [5.74, 6) is -0.199. The van der Waals surface area contributed by atoms with Gasteiger partial charge in [-0.05, 0) is 36.8 Å². The Morgan fingerprint density at radius 1 is 1.35 bits per heavy atom. The molecule has 0 bridgehead atoms. The van der Waals surface area contributed by atoms with E-state index in [1.807, 2.05) is 36.4 Å². The van der Waals surface area contributed by atoms with Crippen LogP contribution < -0.4 is 5.56 Å². The summed E-state index contributed by atoms with van der Waals surface area (Å²) in [5, 5.41) is 20.6. The Hall–Kier alpha value is -2.67. The molecule has 7 heteroatoms. The van der Waals surface area contributed by atoms with Gasteiger partial charge in [0.1, 0.15) is 23.6 Å². The van der Waals surface area contributed by atoms with E-state index in [1.165, 1.54) is 11.7 Å². The summed E-state index contributed by atoms with van der Waals surface area (Å²) < 4.78 is 2.02. The van der Waals surface area contributed by atoms with Crippen molar-refractivity contribution >= 4 is 32.4 Å². The largest absolute Gasteiger partial charge is 0.505 e. The van der Waals surface area contributed by atoms with E-state index in [1.54, 1.807) is 13.8 Å². The second-order valence-corrected chi connectivity index (χ2v) is 6.69. The van der Waals surface area contributed by atoms with E-state index < -0.39 is 5.56 Å². The Morgan fingerprint density at radius 2 is 2.08 bits per heavy atom. The topological polar surface area (TPSA) is 76.7 Å². The quantitative estimate of drug-likeness (QED) is 0.522. The molecule has 6 nitrogen and oxygen atoms in total. The maximum absolute atomic E-state index is 12.7. The van der Waals surface area contributed by atoms with Gasteiger partial charge in [0.05, 0.1) is 0 Å².